The van der Waals surface area contributed by atoms with Crippen LogP contribution in [0.3, 0.4) is 0 Å². The fourth-order valence-electron chi connectivity index (χ4n) is 3.07. The van der Waals surface area contributed by atoms with E-state index in [2.05, 4.69) is 27.0 Å². The largest absolute Gasteiger partial charge is 0.371 e. The number of aryl methyl sites for hydroxylation is 2. The lowest BCUT2D eigenvalue weighted by molar-refractivity contribution is 0.350. The van der Waals surface area contributed by atoms with E-state index in [1.165, 1.54) is 5.69 Å². The van der Waals surface area contributed by atoms with Gasteiger partial charge in [0.1, 0.15) is 0 Å². The molecule has 116 valence electrons. The average Bonchev–Trinajstić information content (AvgIpc) is 2.53. The van der Waals surface area contributed by atoms with E-state index in [0.717, 1.165) is 38.2 Å². The SMILES string of the molecule is Cc1cc(N2CCC(Cn3cncc(C)c3=O)CC2)ccn1. The summed E-state index contributed by atoms with van der Waals surface area (Å²) >= 11 is 0. The number of piperidine rings is 1. The monoisotopic (exact) mass is 298 g/mol. The van der Waals surface area contributed by atoms with Crippen LogP contribution in [0, 0.1) is 19.8 Å². The lowest BCUT2D eigenvalue weighted by Gasteiger charge is -2.33. The summed E-state index contributed by atoms with van der Waals surface area (Å²) in [6.07, 6.45) is 7.36. The van der Waals surface area contributed by atoms with Gasteiger partial charge in [0, 0.05) is 49.0 Å². The van der Waals surface area contributed by atoms with E-state index in [0.29, 0.717) is 11.5 Å². The molecule has 22 heavy (non-hydrogen) atoms. The number of hydrogen-bond donors (Lipinski definition) is 0. The van der Waals surface area contributed by atoms with Gasteiger partial charge in [0.25, 0.3) is 5.56 Å². The number of rotatable bonds is 3. The van der Waals surface area contributed by atoms with Crippen molar-refractivity contribution in [2.45, 2.75) is 33.2 Å². The van der Waals surface area contributed by atoms with E-state index in [4.69, 9.17) is 0 Å². The number of pyridine rings is 1. The molecule has 0 unspecified atom stereocenters. The highest BCUT2D eigenvalue weighted by atomic mass is 16.1. The molecular formula is C17H22N4O. The Hall–Kier alpha value is -2.17. The van der Waals surface area contributed by atoms with Crippen molar-refractivity contribution in [3.63, 3.8) is 0 Å². The van der Waals surface area contributed by atoms with Crippen molar-refractivity contribution >= 4 is 5.69 Å². The van der Waals surface area contributed by atoms with Gasteiger partial charge >= 0.3 is 0 Å². The van der Waals surface area contributed by atoms with E-state index < -0.39 is 0 Å². The van der Waals surface area contributed by atoms with E-state index >= 15 is 0 Å². The summed E-state index contributed by atoms with van der Waals surface area (Å²) in [5.41, 5.74) is 3.10. The molecule has 5 heteroatoms. The molecule has 1 fully saturated rings. The van der Waals surface area contributed by atoms with Crippen LogP contribution in [-0.4, -0.2) is 27.6 Å². The van der Waals surface area contributed by atoms with Gasteiger partial charge in [0.2, 0.25) is 0 Å². The summed E-state index contributed by atoms with van der Waals surface area (Å²) in [5.74, 6) is 0.542. The zero-order valence-corrected chi connectivity index (χ0v) is 13.2. The first-order valence-corrected chi connectivity index (χ1v) is 7.82. The third kappa shape index (κ3) is 3.18. The molecule has 0 spiro atoms. The molecule has 0 atom stereocenters. The molecule has 0 aliphatic carbocycles. The molecule has 3 heterocycles. The highest BCUT2D eigenvalue weighted by Gasteiger charge is 2.20. The zero-order chi connectivity index (χ0) is 15.5. The van der Waals surface area contributed by atoms with Gasteiger partial charge in [-0.25, -0.2) is 4.98 Å². The maximum absolute atomic E-state index is 12.1. The van der Waals surface area contributed by atoms with Crippen LogP contribution in [0.15, 0.2) is 35.6 Å². The second kappa shape index (κ2) is 6.30. The van der Waals surface area contributed by atoms with E-state index in [-0.39, 0.29) is 5.56 Å². The molecule has 0 N–H and O–H groups in total. The van der Waals surface area contributed by atoms with Crippen LogP contribution in [-0.2, 0) is 6.54 Å². The Labute approximate surface area is 130 Å². The van der Waals surface area contributed by atoms with Crippen molar-refractivity contribution in [3.05, 3.63) is 52.5 Å². The molecule has 0 radical (unpaired) electrons. The molecule has 2 aromatic rings. The summed E-state index contributed by atoms with van der Waals surface area (Å²) in [6, 6.07) is 4.21. The molecule has 1 aliphatic heterocycles. The predicted octanol–water partition coefficient (Wildman–Crippen LogP) is 2.17. The predicted molar refractivity (Wildman–Crippen MR) is 87.1 cm³/mol. The minimum Gasteiger partial charge on any atom is -0.371 e. The molecule has 0 amide bonds. The Morgan fingerprint density at radius 1 is 1.27 bits per heavy atom. The van der Waals surface area contributed by atoms with Crippen LogP contribution in [0.25, 0.3) is 0 Å². The molecule has 2 aromatic heterocycles. The van der Waals surface area contributed by atoms with Crippen molar-refractivity contribution in [1.29, 1.82) is 0 Å². The molecule has 1 saturated heterocycles. The smallest absolute Gasteiger partial charge is 0.256 e. The molecule has 0 aromatic carbocycles. The number of hydrogen-bond acceptors (Lipinski definition) is 4. The molecule has 1 aliphatic rings. The Bertz CT molecular complexity index is 702. The highest BCUT2D eigenvalue weighted by Crippen LogP contribution is 2.24. The van der Waals surface area contributed by atoms with Crippen LogP contribution in [0.5, 0.6) is 0 Å². The van der Waals surface area contributed by atoms with Crippen LogP contribution in [0.2, 0.25) is 0 Å². The highest BCUT2D eigenvalue weighted by molar-refractivity contribution is 5.46. The van der Waals surface area contributed by atoms with Gasteiger partial charge in [-0.1, -0.05) is 0 Å². The van der Waals surface area contributed by atoms with Gasteiger partial charge in [0.05, 0.1) is 6.33 Å². The van der Waals surface area contributed by atoms with E-state index in [1.54, 1.807) is 17.1 Å². The van der Waals surface area contributed by atoms with Crippen LogP contribution >= 0.6 is 0 Å². The average molecular weight is 298 g/mol. The number of anilines is 1. The standard InChI is InChI=1S/C17H22N4O/c1-13-10-18-12-21(17(13)22)11-15-4-7-20(8-5-15)16-3-6-19-14(2)9-16/h3,6,9-10,12,15H,4-5,7-8,11H2,1-2H3. The van der Waals surface area contributed by atoms with Gasteiger partial charge < -0.3 is 4.90 Å². The quantitative estimate of drug-likeness (QED) is 0.871. The number of aromatic nitrogens is 3. The van der Waals surface area contributed by atoms with Gasteiger partial charge in [-0.2, -0.15) is 0 Å². The second-order valence-corrected chi connectivity index (χ2v) is 6.12. The first-order chi connectivity index (χ1) is 10.6. The van der Waals surface area contributed by atoms with Crippen molar-refractivity contribution in [2.75, 3.05) is 18.0 Å². The van der Waals surface area contributed by atoms with Gasteiger partial charge in [-0.3, -0.25) is 14.3 Å². The van der Waals surface area contributed by atoms with Gasteiger partial charge in [-0.15, -0.1) is 0 Å². The normalized spacial score (nSPS) is 16.0. The summed E-state index contributed by atoms with van der Waals surface area (Å²) in [7, 11) is 0. The van der Waals surface area contributed by atoms with Gasteiger partial charge in [0.15, 0.2) is 0 Å². The van der Waals surface area contributed by atoms with Crippen molar-refractivity contribution in [1.82, 2.24) is 14.5 Å². The minimum absolute atomic E-state index is 0.0854. The van der Waals surface area contributed by atoms with Crippen molar-refractivity contribution < 1.29 is 0 Å². The maximum Gasteiger partial charge on any atom is 0.256 e. The molecule has 3 rings (SSSR count). The first-order valence-electron chi connectivity index (χ1n) is 7.82. The second-order valence-electron chi connectivity index (χ2n) is 6.12. The third-order valence-electron chi connectivity index (χ3n) is 4.39. The zero-order valence-electron chi connectivity index (χ0n) is 13.2. The fourth-order valence-corrected chi connectivity index (χ4v) is 3.07. The number of nitrogens with zero attached hydrogens (tertiary/aromatic N) is 4. The molecular weight excluding hydrogens is 276 g/mol. The van der Waals surface area contributed by atoms with Crippen molar-refractivity contribution in [2.24, 2.45) is 5.92 Å². The Morgan fingerprint density at radius 3 is 2.77 bits per heavy atom. The van der Waals surface area contributed by atoms with Gasteiger partial charge in [-0.05, 0) is 44.7 Å². The summed E-state index contributed by atoms with van der Waals surface area (Å²) in [5, 5.41) is 0. The molecule has 0 bridgehead atoms. The Kier molecular flexibility index (Phi) is 4.22. The maximum atomic E-state index is 12.1. The summed E-state index contributed by atoms with van der Waals surface area (Å²) in [6.45, 7) is 6.68. The lowest BCUT2D eigenvalue weighted by atomic mass is 9.96. The van der Waals surface area contributed by atoms with Crippen LogP contribution in [0.1, 0.15) is 24.1 Å². The fraction of sp³-hybridized carbons (Fsp3) is 0.471. The van der Waals surface area contributed by atoms with Crippen molar-refractivity contribution in [3.8, 4) is 0 Å². The third-order valence-corrected chi connectivity index (χ3v) is 4.39. The minimum atomic E-state index is 0.0854. The van der Waals surface area contributed by atoms with Crippen LogP contribution < -0.4 is 10.5 Å². The Balaban J connectivity index is 1.62. The van der Waals surface area contributed by atoms with E-state index in [1.807, 2.05) is 20.0 Å². The molecule has 5 nitrogen and oxygen atoms in total. The summed E-state index contributed by atoms with van der Waals surface area (Å²) in [4.78, 5) is 22.9. The lowest BCUT2D eigenvalue weighted by Crippen LogP contribution is -2.36. The van der Waals surface area contributed by atoms with Crippen LogP contribution in [0.4, 0.5) is 5.69 Å². The Morgan fingerprint density at radius 2 is 2.05 bits per heavy atom. The first kappa shape index (κ1) is 14.8. The molecule has 0 saturated carbocycles. The van der Waals surface area contributed by atoms with E-state index in [9.17, 15) is 4.79 Å². The topological polar surface area (TPSA) is 51.0 Å². The summed E-state index contributed by atoms with van der Waals surface area (Å²) < 4.78 is 1.76.